The summed E-state index contributed by atoms with van der Waals surface area (Å²) in [7, 11) is 0. The molecule has 26 heavy (non-hydrogen) atoms. The van der Waals surface area contributed by atoms with Gasteiger partial charge in [0.05, 0.1) is 5.56 Å². The first-order chi connectivity index (χ1) is 12.4. The molecule has 8 heteroatoms. The van der Waals surface area contributed by atoms with Crippen LogP contribution in [-0.4, -0.2) is 9.97 Å². The van der Waals surface area contributed by atoms with Gasteiger partial charge in [-0.2, -0.15) is 23.1 Å². The summed E-state index contributed by atoms with van der Waals surface area (Å²) in [5, 5.41) is 0. The van der Waals surface area contributed by atoms with Crippen LogP contribution in [0.25, 0.3) is 0 Å². The molecule has 0 aliphatic heterocycles. The zero-order valence-electron chi connectivity index (χ0n) is 13.2. The first-order valence-corrected chi connectivity index (χ1v) is 8.54. The van der Waals surface area contributed by atoms with Crippen molar-refractivity contribution in [2.45, 2.75) is 12.8 Å². The van der Waals surface area contributed by atoms with E-state index in [9.17, 15) is 13.2 Å². The number of aromatic nitrogens is 2. The second-order valence-electron chi connectivity index (χ2n) is 5.21. The van der Waals surface area contributed by atoms with Crippen LogP contribution in [0.1, 0.15) is 11.1 Å². The average Bonchev–Trinajstić information content (AvgIpc) is 2.60. The minimum absolute atomic E-state index is 0.0309. The quantitative estimate of drug-likeness (QED) is 0.365. The van der Waals surface area contributed by atoms with Gasteiger partial charge in [-0.25, -0.2) is 0 Å². The summed E-state index contributed by atoms with van der Waals surface area (Å²) in [6.45, 7) is 0.268. The minimum atomic E-state index is -4.44. The van der Waals surface area contributed by atoms with Crippen LogP contribution < -0.4 is 9.47 Å². The van der Waals surface area contributed by atoms with E-state index in [1.165, 1.54) is 18.2 Å². The van der Waals surface area contributed by atoms with Gasteiger partial charge >= 0.3 is 12.2 Å². The molecule has 2 aromatic carbocycles. The number of hydrogen-bond donors (Lipinski definition) is 0. The van der Waals surface area contributed by atoms with Crippen LogP contribution in [-0.2, 0) is 12.8 Å². The van der Waals surface area contributed by atoms with E-state index < -0.39 is 11.7 Å². The summed E-state index contributed by atoms with van der Waals surface area (Å²) < 4.78 is 49.9. The SMILES string of the molecule is FC(F)(F)c1cccc(Oc2cc(I)nc(OCc3ccccc3)n2)c1. The van der Waals surface area contributed by atoms with Crippen LogP contribution in [0, 0.1) is 3.70 Å². The molecule has 0 radical (unpaired) electrons. The average molecular weight is 472 g/mol. The van der Waals surface area contributed by atoms with E-state index >= 15 is 0 Å². The van der Waals surface area contributed by atoms with E-state index in [0.29, 0.717) is 3.70 Å². The van der Waals surface area contributed by atoms with Gasteiger partial charge in [0.25, 0.3) is 0 Å². The Bertz CT molecular complexity index is 889. The second kappa shape index (κ2) is 7.90. The molecule has 0 saturated carbocycles. The predicted molar refractivity (Wildman–Crippen MR) is 97.0 cm³/mol. The van der Waals surface area contributed by atoms with Gasteiger partial charge < -0.3 is 9.47 Å². The van der Waals surface area contributed by atoms with Crippen molar-refractivity contribution in [2.24, 2.45) is 0 Å². The van der Waals surface area contributed by atoms with Gasteiger partial charge in [-0.05, 0) is 46.4 Å². The number of ether oxygens (including phenoxy) is 2. The van der Waals surface area contributed by atoms with E-state index in [2.05, 4.69) is 9.97 Å². The predicted octanol–water partition coefficient (Wildman–Crippen LogP) is 5.47. The number of hydrogen-bond acceptors (Lipinski definition) is 4. The Labute approximate surface area is 161 Å². The third-order valence-corrected chi connectivity index (χ3v) is 3.80. The molecule has 134 valence electrons. The Balaban J connectivity index is 1.75. The molecule has 3 rings (SSSR count). The van der Waals surface area contributed by atoms with Gasteiger partial charge in [0.1, 0.15) is 16.1 Å². The van der Waals surface area contributed by atoms with Gasteiger partial charge in [0.15, 0.2) is 0 Å². The van der Waals surface area contributed by atoms with Gasteiger partial charge in [-0.1, -0.05) is 36.4 Å². The molecule has 0 amide bonds. The maximum Gasteiger partial charge on any atom is 0.416 e. The van der Waals surface area contributed by atoms with Crippen LogP contribution >= 0.6 is 22.6 Å². The molecule has 1 heterocycles. The van der Waals surface area contributed by atoms with Crippen molar-refractivity contribution >= 4 is 22.6 Å². The van der Waals surface area contributed by atoms with Crippen molar-refractivity contribution in [1.82, 2.24) is 9.97 Å². The minimum Gasteiger partial charge on any atom is -0.458 e. The smallest absolute Gasteiger partial charge is 0.416 e. The molecule has 0 spiro atoms. The Kier molecular flexibility index (Phi) is 5.60. The third kappa shape index (κ3) is 5.07. The highest BCUT2D eigenvalue weighted by Gasteiger charge is 2.30. The number of rotatable bonds is 5. The lowest BCUT2D eigenvalue weighted by atomic mass is 10.2. The molecule has 3 aromatic rings. The van der Waals surface area contributed by atoms with Crippen molar-refractivity contribution in [3.63, 3.8) is 0 Å². The van der Waals surface area contributed by atoms with E-state index in [1.54, 1.807) is 0 Å². The maximum atomic E-state index is 12.8. The van der Waals surface area contributed by atoms with Crippen molar-refractivity contribution in [1.29, 1.82) is 0 Å². The topological polar surface area (TPSA) is 44.2 Å². The summed E-state index contributed by atoms with van der Waals surface area (Å²) >= 11 is 1.96. The van der Waals surface area contributed by atoms with Crippen LogP contribution in [0.5, 0.6) is 17.6 Å². The molecule has 0 fully saturated rings. The molecule has 4 nitrogen and oxygen atoms in total. The highest BCUT2D eigenvalue weighted by Crippen LogP contribution is 2.32. The van der Waals surface area contributed by atoms with Crippen LogP contribution in [0.15, 0.2) is 60.7 Å². The van der Waals surface area contributed by atoms with Crippen molar-refractivity contribution in [2.75, 3.05) is 0 Å². The lowest BCUT2D eigenvalue weighted by Gasteiger charge is -2.10. The highest BCUT2D eigenvalue weighted by molar-refractivity contribution is 14.1. The van der Waals surface area contributed by atoms with Crippen LogP contribution in [0.2, 0.25) is 0 Å². The molecule has 0 N–H and O–H groups in total. The Morgan fingerprint density at radius 1 is 0.923 bits per heavy atom. The molecule has 0 atom stereocenters. The van der Waals surface area contributed by atoms with E-state index in [4.69, 9.17) is 9.47 Å². The van der Waals surface area contributed by atoms with Crippen molar-refractivity contribution in [3.8, 4) is 17.6 Å². The largest absolute Gasteiger partial charge is 0.458 e. The van der Waals surface area contributed by atoms with Gasteiger partial charge in [0, 0.05) is 6.07 Å². The number of alkyl halides is 3. The van der Waals surface area contributed by atoms with Gasteiger partial charge in [0.2, 0.25) is 5.88 Å². The fourth-order valence-corrected chi connectivity index (χ4v) is 2.55. The lowest BCUT2D eigenvalue weighted by Crippen LogP contribution is -2.05. The second-order valence-corrected chi connectivity index (χ2v) is 6.32. The normalized spacial score (nSPS) is 11.2. The van der Waals surface area contributed by atoms with Crippen LogP contribution in [0.3, 0.4) is 0 Å². The van der Waals surface area contributed by atoms with Crippen molar-refractivity contribution in [3.05, 3.63) is 75.5 Å². The monoisotopic (exact) mass is 472 g/mol. The summed E-state index contributed by atoms with van der Waals surface area (Å²) in [5.74, 6) is 0.134. The summed E-state index contributed by atoms with van der Waals surface area (Å²) in [6.07, 6.45) is -4.44. The molecule has 0 unspecified atom stereocenters. The fraction of sp³-hybridized carbons (Fsp3) is 0.111. The molecule has 0 bridgehead atoms. The summed E-state index contributed by atoms with van der Waals surface area (Å²) in [4.78, 5) is 8.23. The molecular weight excluding hydrogens is 460 g/mol. The van der Waals surface area contributed by atoms with Crippen LogP contribution in [0.4, 0.5) is 13.2 Å². The first kappa shape index (κ1) is 18.4. The van der Waals surface area contributed by atoms with Crippen molar-refractivity contribution < 1.29 is 22.6 Å². The standard InChI is InChI=1S/C18H12F3IN2O2/c19-18(20,21)13-7-4-8-14(9-13)26-16-10-15(22)23-17(24-16)25-11-12-5-2-1-3-6-12/h1-10H,11H2. The number of benzene rings is 2. The Hall–Kier alpha value is -2.36. The molecule has 0 aliphatic rings. The third-order valence-electron chi connectivity index (χ3n) is 3.25. The molecule has 0 aliphatic carbocycles. The molecule has 0 saturated heterocycles. The van der Waals surface area contributed by atoms with E-state index in [1.807, 2.05) is 52.9 Å². The Morgan fingerprint density at radius 2 is 1.69 bits per heavy atom. The fourth-order valence-electron chi connectivity index (χ4n) is 2.07. The zero-order chi connectivity index (χ0) is 18.6. The number of nitrogens with zero attached hydrogens (tertiary/aromatic N) is 2. The van der Waals surface area contributed by atoms with E-state index in [0.717, 1.165) is 17.7 Å². The summed E-state index contributed by atoms with van der Waals surface area (Å²) in [5.41, 5.74) is 0.148. The Morgan fingerprint density at radius 3 is 2.42 bits per heavy atom. The lowest BCUT2D eigenvalue weighted by molar-refractivity contribution is -0.137. The van der Waals surface area contributed by atoms with Gasteiger partial charge in [-0.15, -0.1) is 0 Å². The molecule has 1 aromatic heterocycles. The summed E-state index contributed by atoms with van der Waals surface area (Å²) in [6, 6.07) is 15.6. The van der Waals surface area contributed by atoms with E-state index in [-0.39, 0.29) is 24.2 Å². The highest BCUT2D eigenvalue weighted by atomic mass is 127. The number of halogens is 4. The molecular formula is C18H12F3IN2O2. The van der Waals surface area contributed by atoms with Gasteiger partial charge in [-0.3, -0.25) is 0 Å². The zero-order valence-corrected chi connectivity index (χ0v) is 15.4. The first-order valence-electron chi connectivity index (χ1n) is 7.46. The maximum absolute atomic E-state index is 12.8.